The Hall–Kier alpha value is -0.430. The van der Waals surface area contributed by atoms with Crippen LogP contribution in [0.5, 0.6) is 0 Å². The standard InChI is InChI=1S/C11H16S/c1-5-10-8(2)6-11(4,12)7-9(10)3/h5,12H,2-3,6-7H2,1,4H3. The van der Waals surface area contributed by atoms with E-state index in [1.165, 1.54) is 16.7 Å². The molecule has 0 saturated heterocycles. The van der Waals surface area contributed by atoms with Gasteiger partial charge in [-0.15, -0.1) is 0 Å². The minimum absolute atomic E-state index is 0.0562. The van der Waals surface area contributed by atoms with Crippen molar-refractivity contribution in [3.8, 4) is 0 Å². The maximum Gasteiger partial charge on any atom is 0.0182 e. The number of thiol groups is 1. The first kappa shape index (κ1) is 9.66. The lowest BCUT2D eigenvalue weighted by Crippen LogP contribution is -2.24. The molecule has 0 unspecified atom stereocenters. The summed E-state index contributed by atoms with van der Waals surface area (Å²) in [5.74, 6) is 0. The third-order valence-corrected chi connectivity index (χ3v) is 2.56. The Kier molecular flexibility index (Phi) is 2.52. The van der Waals surface area contributed by atoms with E-state index in [0.29, 0.717) is 0 Å². The fourth-order valence-electron chi connectivity index (χ4n) is 1.83. The molecule has 0 nitrogen and oxygen atoms in total. The molecule has 0 aromatic heterocycles. The Morgan fingerprint density at radius 1 is 1.33 bits per heavy atom. The molecule has 1 fully saturated rings. The van der Waals surface area contributed by atoms with Crippen molar-refractivity contribution in [2.75, 3.05) is 0 Å². The van der Waals surface area contributed by atoms with Crippen LogP contribution in [0.2, 0.25) is 0 Å². The lowest BCUT2D eigenvalue weighted by atomic mass is 9.80. The van der Waals surface area contributed by atoms with Gasteiger partial charge in [0.15, 0.2) is 0 Å². The molecule has 0 heterocycles. The lowest BCUT2D eigenvalue weighted by molar-refractivity contribution is 0.615. The van der Waals surface area contributed by atoms with Crippen molar-refractivity contribution in [2.24, 2.45) is 0 Å². The topological polar surface area (TPSA) is 0 Å². The largest absolute Gasteiger partial charge is 0.172 e. The zero-order valence-corrected chi connectivity index (χ0v) is 8.75. The van der Waals surface area contributed by atoms with E-state index in [1.807, 2.05) is 6.92 Å². The van der Waals surface area contributed by atoms with Crippen LogP contribution in [0, 0.1) is 0 Å². The molecule has 0 aromatic rings. The van der Waals surface area contributed by atoms with Gasteiger partial charge in [-0.1, -0.05) is 26.2 Å². The van der Waals surface area contributed by atoms with Crippen LogP contribution >= 0.6 is 12.6 Å². The molecule has 0 bridgehead atoms. The molecule has 1 aliphatic carbocycles. The Morgan fingerprint density at radius 3 is 2.08 bits per heavy atom. The Morgan fingerprint density at radius 2 is 1.75 bits per heavy atom. The van der Waals surface area contributed by atoms with Gasteiger partial charge in [0.2, 0.25) is 0 Å². The van der Waals surface area contributed by atoms with Crippen LogP contribution in [-0.4, -0.2) is 4.75 Å². The number of allylic oxidation sites excluding steroid dienone is 4. The van der Waals surface area contributed by atoms with Crippen LogP contribution in [0.4, 0.5) is 0 Å². The molecule has 0 spiro atoms. The molecular weight excluding hydrogens is 164 g/mol. The summed E-state index contributed by atoms with van der Waals surface area (Å²) in [7, 11) is 0. The summed E-state index contributed by atoms with van der Waals surface area (Å²) in [5, 5.41) is 0. The van der Waals surface area contributed by atoms with E-state index < -0.39 is 0 Å². The molecule has 1 heteroatoms. The molecular formula is C11H16S. The first-order valence-corrected chi connectivity index (χ1v) is 4.66. The summed E-state index contributed by atoms with van der Waals surface area (Å²) in [4.78, 5) is 0. The van der Waals surface area contributed by atoms with Gasteiger partial charge in [-0.2, -0.15) is 12.6 Å². The van der Waals surface area contributed by atoms with Crippen molar-refractivity contribution in [3.05, 3.63) is 36.0 Å². The van der Waals surface area contributed by atoms with E-state index in [1.54, 1.807) is 0 Å². The van der Waals surface area contributed by atoms with Crippen LogP contribution < -0.4 is 0 Å². The van der Waals surface area contributed by atoms with Gasteiger partial charge in [0, 0.05) is 4.75 Å². The van der Waals surface area contributed by atoms with Crippen LogP contribution in [0.15, 0.2) is 36.0 Å². The van der Waals surface area contributed by atoms with Crippen LogP contribution in [-0.2, 0) is 0 Å². The van der Waals surface area contributed by atoms with Gasteiger partial charge in [0.05, 0.1) is 0 Å². The fourth-order valence-corrected chi connectivity index (χ4v) is 2.21. The molecule has 0 N–H and O–H groups in total. The Labute approximate surface area is 80.5 Å². The van der Waals surface area contributed by atoms with Gasteiger partial charge in [-0.05, 0) is 36.5 Å². The summed E-state index contributed by atoms with van der Waals surface area (Å²) >= 11 is 4.57. The van der Waals surface area contributed by atoms with Crippen molar-refractivity contribution in [2.45, 2.75) is 31.4 Å². The molecule has 1 aliphatic rings. The Balaban J connectivity index is 2.93. The van der Waals surface area contributed by atoms with Crippen LogP contribution in [0.25, 0.3) is 0 Å². The van der Waals surface area contributed by atoms with E-state index in [0.717, 1.165) is 12.8 Å². The van der Waals surface area contributed by atoms with Crippen molar-refractivity contribution >= 4 is 12.6 Å². The maximum absolute atomic E-state index is 4.57. The highest BCUT2D eigenvalue weighted by Gasteiger charge is 2.28. The second kappa shape index (κ2) is 3.14. The average Bonchev–Trinajstić information content (AvgIpc) is 1.82. The summed E-state index contributed by atoms with van der Waals surface area (Å²) in [5.41, 5.74) is 3.58. The first-order valence-electron chi connectivity index (χ1n) is 4.21. The average molecular weight is 180 g/mol. The Bertz CT molecular complexity index is 234. The van der Waals surface area contributed by atoms with Crippen molar-refractivity contribution in [1.29, 1.82) is 0 Å². The number of rotatable bonds is 0. The minimum Gasteiger partial charge on any atom is -0.172 e. The van der Waals surface area contributed by atoms with Gasteiger partial charge in [-0.25, -0.2) is 0 Å². The molecule has 0 aromatic carbocycles. The predicted octanol–water partition coefficient (Wildman–Crippen LogP) is 3.53. The summed E-state index contributed by atoms with van der Waals surface area (Å²) in [6, 6.07) is 0. The normalized spacial score (nSPS) is 30.8. The molecule has 12 heavy (non-hydrogen) atoms. The highest BCUT2D eigenvalue weighted by molar-refractivity contribution is 7.81. The van der Waals surface area contributed by atoms with Gasteiger partial charge in [-0.3, -0.25) is 0 Å². The molecule has 0 aliphatic heterocycles. The minimum atomic E-state index is 0.0562. The number of hydrogen-bond acceptors (Lipinski definition) is 1. The highest BCUT2D eigenvalue weighted by atomic mass is 32.1. The first-order chi connectivity index (χ1) is 5.46. The van der Waals surface area contributed by atoms with E-state index >= 15 is 0 Å². The smallest absolute Gasteiger partial charge is 0.0182 e. The van der Waals surface area contributed by atoms with Crippen LogP contribution in [0.3, 0.4) is 0 Å². The second-order valence-electron chi connectivity index (χ2n) is 3.76. The van der Waals surface area contributed by atoms with Crippen molar-refractivity contribution in [3.63, 3.8) is 0 Å². The summed E-state index contributed by atoms with van der Waals surface area (Å²) < 4.78 is 0.0562. The van der Waals surface area contributed by atoms with Crippen molar-refractivity contribution in [1.82, 2.24) is 0 Å². The SMILES string of the molecule is C=C1CC(C)(S)CC(=C)C1=CC. The van der Waals surface area contributed by atoms with E-state index in [9.17, 15) is 0 Å². The van der Waals surface area contributed by atoms with Crippen LogP contribution in [0.1, 0.15) is 26.7 Å². The van der Waals surface area contributed by atoms with E-state index in [4.69, 9.17) is 0 Å². The molecule has 1 rings (SSSR count). The third-order valence-electron chi connectivity index (χ3n) is 2.24. The van der Waals surface area contributed by atoms with Gasteiger partial charge < -0.3 is 0 Å². The third kappa shape index (κ3) is 1.84. The molecule has 66 valence electrons. The quantitative estimate of drug-likeness (QED) is 0.542. The second-order valence-corrected chi connectivity index (χ2v) is 4.84. The zero-order chi connectivity index (χ0) is 9.35. The zero-order valence-electron chi connectivity index (χ0n) is 7.85. The van der Waals surface area contributed by atoms with E-state index in [-0.39, 0.29) is 4.75 Å². The van der Waals surface area contributed by atoms with Gasteiger partial charge >= 0.3 is 0 Å². The fraction of sp³-hybridized carbons (Fsp3) is 0.455. The van der Waals surface area contributed by atoms with Gasteiger partial charge in [0.25, 0.3) is 0 Å². The lowest BCUT2D eigenvalue weighted by Gasteiger charge is -2.33. The monoisotopic (exact) mass is 180 g/mol. The van der Waals surface area contributed by atoms with Crippen molar-refractivity contribution < 1.29 is 0 Å². The summed E-state index contributed by atoms with van der Waals surface area (Å²) in [6.07, 6.45) is 4.03. The molecule has 0 atom stereocenters. The molecule has 0 amide bonds. The number of hydrogen-bond donors (Lipinski definition) is 1. The molecule has 0 radical (unpaired) electrons. The highest BCUT2D eigenvalue weighted by Crippen LogP contribution is 2.41. The molecule has 1 saturated carbocycles. The van der Waals surface area contributed by atoms with Gasteiger partial charge in [0.1, 0.15) is 0 Å². The van der Waals surface area contributed by atoms with E-state index in [2.05, 4.69) is 38.8 Å². The maximum atomic E-state index is 4.57. The summed E-state index contributed by atoms with van der Waals surface area (Å²) in [6.45, 7) is 12.2. The predicted molar refractivity (Wildman–Crippen MR) is 58.7 cm³/mol.